The topological polar surface area (TPSA) is 98.5 Å². The molecule has 0 fully saturated rings. The van der Waals surface area contributed by atoms with Gasteiger partial charge in [0.15, 0.2) is 0 Å². The first-order valence-electron chi connectivity index (χ1n) is 5.05. The van der Waals surface area contributed by atoms with Gasteiger partial charge in [-0.2, -0.15) is 0 Å². The number of nitro benzene ring substituents is 1. The molecule has 0 atom stereocenters. The minimum absolute atomic E-state index is 0.0797. The van der Waals surface area contributed by atoms with Crippen molar-refractivity contribution in [3.05, 3.63) is 39.4 Å². The van der Waals surface area contributed by atoms with Gasteiger partial charge in [-0.3, -0.25) is 19.7 Å². The number of rotatable bonds is 4. The highest BCUT2D eigenvalue weighted by atomic mass is 16.6. The summed E-state index contributed by atoms with van der Waals surface area (Å²) in [6.45, 7) is 1.38. The molecule has 0 aromatic heterocycles. The standard InChI is InChI=1S/C11H12N2O5/c1-7-3-4-9(13(16)17)8(5-7)11(15)12-6-10(14)18-2/h3-5H,6H2,1-2H3,(H,12,15). The molecule has 1 rings (SSSR count). The lowest BCUT2D eigenvalue weighted by atomic mass is 10.1. The number of nitrogens with zero attached hydrogens (tertiary/aromatic N) is 1. The van der Waals surface area contributed by atoms with E-state index in [1.54, 1.807) is 6.92 Å². The smallest absolute Gasteiger partial charge is 0.325 e. The highest BCUT2D eigenvalue weighted by molar-refractivity contribution is 5.99. The number of ether oxygens (including phenoxy) is 1. The summed E-state index contributed by atoms with van der Waals surface area (Å²) in [5.41, 5.74) is 0.329. The number of hydrogen-bond acceptors (Lipinski definition) is 5. The van der Waals surface area contributed by atoms with Gasteiger partial charge in [0, 0.05) is 6.07 Å². The van der Waals surface area contributed by atoms with Crippen LogP contribution in [0.2, 0.25) is 0 Å². The van der Waals surface area contributed by atoms with E-state index in [1.807, 2.05) is 0 Å². The number of esters is 1. The van der Waals surface area contributed by atoms with Gasteiger partial charge in [-0.25, -0.2) is 0 Å². The summed E-state index contributed by atoms with van der Waals surface area (Å²) in [6, 6.07) is 4.18. The number of benzene rings is 1. The monoisotopic (exact) mass is 252 g/mol. The summed E-state index contributed by atoms with van der Waals surface area (Å²) < 4.78 is 4.35. The van der Waals surface area contributed by atoms with Crippen LogP contribution in [0.4, 0.5) is 5.69 Å². The molecule has 1 amide bonds. The van der Waals surface area contributed by atoms with E-state index in [2.05, 4.69) is 10.1 Å². The van der Waals surface area contributed by atoms with E-state index in [9.17, 15) is 19.7 Å². The van der Waals surface area contributed by atoms with E-state index in [1.165, 1.54) is 25.3 Å². The zero-order valence-corrected chi connectivity index (χ0v) is 9.93. The third kappa shape index (κ3) is 3.27. The molecule has 0 heterocycles. The van der Waals surface area contributed by atoms with Crippen LogP contribution in [0.15, 0.2) is 18.2 Å². The molecule has 0 aliphatic carbocycles. The summed E-state index contributed by atoms with van der Waals surface area (Å²) in [7, 11) is 1.18. The average molecular weight is 252 g/mol. The lowest BCUT2D eigenvalue weighted by molar-refractivity contribution is -0.385. The van der Waals surface area contributed by atoms with Gasteiger partial charge >= 0.3 is 5.97 Å². The molecular weight excluding hydrogens is 240 g/mol. The second kappa shape index (κ2) is 5.76. The number of amides is 1. The first kappa shape index (κ1) is 13.6. The Kier molecular flexibility index (Phi) is 4.36. The third-order valence-electron chi connectivity index (χ3n) is 2.21. The Morgan fingerprint density at radius 2 is 2.11 bits per heavy atom. The predicted molar refractivity (Wildman–Crippen MR) is 62.2 cm³/mol. The van der Waals surface area contributed by atoms with Gasteiger partial charge < -0.3 is 10.1 Å². The van der Waals surface area contributed by atoms with Crippen molar-refractivity contribution < 1.29 is 19.2 Å². The number of carbonyl (C=O) groups is 2. The summed E-state index contributed by atoms with van der Waals surface area (Å²) in [5, 5.41) is 13.0. The normalized spacial score (nSPS) is 9.67. The Balaban J connectivity index is 2.93. The van der Waals surface area contributed by atoms with Crippen molar-refractivity contribution in [1.82, 2.24) is 5.32 Å². The van der Waals surface area contributed by atoms with E-state index in [-0.39, 0.29) is 17.8 Å². The molecule has 18 heavy (non-hydrogen) atoms. The van der Waals surface area contributed by atoms with E-state index in [4.69, 9.17) is 0 Å². The van der Waals surface area contributed by atoms with Crippen LogP contribution >= 0.6 is 0 Å². The molecular formula is C11H12N2O5. The van der Waals surface area contributed by atoms with E-state index in [0.29, 0.717) is 5.56 Å². The molecule has 0 bridgehead atoms. The molecule has 1 aromatic carbocycles. The summed E-state index contributed by atoms with van der Waals surface area (Å²) in [5.74, 6) is -1.31. The van der Waals surface area contributed by atoms with E-state index < -0.39 is 16.8 Å². The Bertz CT molecular complexity index is 498. The van der Waals surface area contributed by atoms with Crippen LogP contribution in [0.5, 0.6) is 0 Å². The van der Waals surface area contributed by atoms with Gasteiger partial charge in [0.05, 0.1) is 12.0 Å². The van der Waals surface area contributed by atoms with Crippen LogP contribution < -0.4 is 5.32 Å². The van der Waals surface area contributed by atoms with E-state index in [0.717, 1.165) is 0 Å². The number of nitrogens with one attached hydrogen (secondary N) is 1. The second-order valence-electron chi connectivity index (χ2n) is 3.54. The van der Waals surface area contributed by atoms with Crippen LogP contribution in [-0.4, -0.2) is 30.5 Å². The van der Waals surface area contributed by atoms with Gasteiger partial charge in [0.25, 0.3) is 11.6 Å². The van der Waals surface area contributed by atoms with Gasteiger partial charge in [-0.05, 0) is 18.6 Å². The summed E-state index contributed by atoms with van der Waals surface area (Å²) in [4.78, 5) is 32.7. The van der Waals surface area contributed by atoms with Gasteiger partial charge in [-0.15, -0.1) is 0 Å². The molecule has 0 saturated carbocycles. The van der Waals surface area contributed by atoms with Crippen molar-refractivity contribution in [2.75, 3.05) is 13.7 Å². The highest BCUT2D eigenvalue weighted by Crippen LogP contribution is 2.19. The number of carbonyl (C=O) groups excluding carboxylic acids is 2. The first-order valence-corrected chi connectivity index (χ1v) is 5.05. The number of aryl methyl sites for hydroxylation is 1. The summed E-state index contributed by atoms with van der Waals surface area (Å²) in [6.07, 6.45) is 0. The largest absolute Gasteiger partial charge is 0.468 e. The van der Waals surface area contributed by atoms with Crippen molar-refractivity contribution >= 4 is 17.6 Å². The molecule has 0 saturated heterocycles. The van der Waals surface area contributed by atoms with Crippen LogP contribution in [0.3, 0.4) is 0 Å². The van der Waals surface area contributed by atoms with Crippen molar-refractivity contribution in [1.29, 1.82) is 0 Å². The molecule has 7 nitrogen and oxygen atoms in total. The number of methoxy groups -OCH3 is 1. The maximum atomic E-state index is 11.7. The minimum atomic E-state index is -0.684. The maximum absolute atomic E-state index is 11.7. The molecule has 0 spiro atoms. The van der Waals surface area contributed by atoms with Crippen molar-refractivity contribution in [3.8, 4) is 0 Å². The van der Waals surface area contributed by atoms with Crippen LogP contribution in [0.25, 0.3) is 0 Å². The first-order chi connectivity index (χ1) is 8.45. The fourth-order valence-electron chi connectivity index (χ4n) is 1.31. The zero-order valence-electron chi connectivity index (χ0n) is 9.93. The average Bonchev–Trinajstić information content (AvgIpc) is 2.34. The highest BCUT2D eigenvalue weighted by Gasteiger charge is 2.20. The van der Waals surface area contributed by atoms with Crippen LogP contribution in [-0.2, 0) is 9.53 Å². The molecule has 0 unspecified atom stereocenters. The summed E-state index contributed by atoms with van der Waals surface area (Å²) >= 11 is 0. The number of nitro groups is 1. The number of hydrogen-bond donors (Lipinski definition) is 1. The van der Waals surface area contributed by atoms with E-state index >= 15 is 0 Å². The molecule has 0 aliphatic rings. The Labute approximate surface area is 103 Å². The Morgan fingerprint density at radius 1 is 1.44 bits per heavy atom. The van der Waals surface area contributed by atoms with Gasteiger partial charge in [0.1, 0.15) is 12.1 Å². The van der Waals surface area contributed by atoms with Gasteiger partial charge in [0.2, 0.25) is 0 Å². The molecule has 1 N–H and O–H groups in total. The quantitative estimate of drug-likeness (QED) is 0.485. The molecule has 96 valence electrons. The maximum Gasteiger partial charge on any atom is 0.325 e. The van der Waals surface area contributed by atoms with Gasteiger partial charge in [-0.1, -0.05) is 6.07 Å². The minimum Gasteiger partial charge on any atom is -0.468 e. The predicted octanol–water partition coefficient (Wildman–Crippen LogP) is 0.806. The fraction of sp³-hybridized carbons (Fsp3) is 0.273. The van der Waals surface area contributed by atoms with Crippen molar-refractivity contribution in [3.63, 3.8) is 0 Å². The molecule has 7 heteroatoms. The Hall–Kier alpha value is -2.44. The fourth-order valence-corrected chi connectivity index (χ4v) is 1.31. The molecule has 0 radical (unpaired) electrons. The van der Waals surface area contributed by atoms with Crippen LogP contribution in [0, 0.1) is 17.0 Å². The third-order valence-corrected chi connectivity index (χ3v) is 2.21. The molecule has 0 aliphatic heterocycles. The zero-order chi connectivity index (χ0) is 13.7. The second-order valence-corrected chi connectivity index (χ2v) is 3.54. The van der Waals surface area contributed by atoms with Crippen molar-refractivity contribution in [2.45, 2.75) is 6.92 Å². The van der Waals surface area contributed by atoms with Crippen molar-refractivity contribution in [2.24, 2.45) is 0 Å². The lowest BCUT2D eigenvalue weighted by Crippen LogP contribution is -2.30. The lowest BCUT2D eigenvalue weighted by Gasteiger charge is -2.05. The SMILES string of the molecule is COC(=O)CNC(=O)c1cc(C)ccc1[N+](=O)[O-]. The molecule has 1 aromatic rings. The van der Waals surface area contributed by atoms with Crippen LogP contribution in [0.1, 0.15) is 15.9 Å². The Morgan fingerprint density at radius 3 is 2.67 bits per heavy atom.